The van der Waals surface area contributed by atoms with Gasteiger partial charge in [0.15, 0.2) is 0 Å². The summed E-state index contributed by atoms with van der Waals surface area (Å²) in [4.78, 5) is 12.4. The summed E-state index contributed by atoms with van der Waals surface area (Å²) in [6.45, 7) is 1.55. The molecule has 2 aromatic rings. The van der Waals surface area contributed by atoms with Gasteiger partial charge in [-0.3, -0.25) is 10.1 Å². The van der Waals surface area contributed by atoms with Gasteiger partial charge in [-0.25, -0.2) is 0 Å². The van der Waals surface area contributed by atoms with Crippen molar-refractivity contribution in [3.05, 3.63) is 64.2 Å². The molecule has 0 aliphatic rings. The third kappa shape index (κ3) is 4.45. The van der Waals surface area contributed by atoms with Gasteiger partial charge in [-0.15, -0.1) is 0 Å². The number of anilines is 2. The van der Waals surface area contributed by atoms with Crippen LogP contribution >= 0.6 is 0 Å². The molecule has 2 rings (SSSR count). The lowest BCUT2D eigenvalue weighted by atomic mass is 10.1. The smallest absolute Gasteiger partial charge is 0.270 e. The van der Waals surface area contributed by atoms with Gasteiger partial charge in [-0.05, 0) is 24.6 Å². The number of hydrogen-bond acceptors (Lipinski definition) is 5. The highest BCUT2D eigenvalue weighted by Crippen LogP contribution is 2.21. The number of nitrogens with zero attached hydrogens (tertiary/aromatic N) is 3. The molecule has 0 bridgehead atoms. The maximum absolute atomic E-state index is 10.7. The van der Waals surface area contributed by atoms with Crippen LogP contribution in [0.15, 0.2) is 48.5 Å². The van der Waals surface area contributed by atoms with Gasteiger partial charge < -0.3 is 10.2 Å². The van der Waals surface area contributed by atoms with Gasteiger partial charge in [-0.1, -0.05) is 18.2 Å². The monoisotopic (exact) mass is 310 g/mol. The fraction of sp³-hybridized carbons (Fsp3) is 0.235. The van der Waals surface area contributed by atoms with Crippen LogP contribution in [0.25, 0.3) is 0 Å². The van der Waals surface area contributed by atoms with E-state index in [1.807, 2.05) is 31.3 Å². The van der Waals surface area contributed by atoms with Crippen molar-refractivity contribution in [1.29, 1.82) is 5.26 Å². The van der Waals surface area contributed by atoms with Crippen LogP contribution in [0.4, 0.5) is 17.1 Å². The minimum Gasteiger partial charge on any atom is -0.384 e. The first-order chi connectivity index (χ1) is 11.1. The minimum atomic E-state index is -0.501. The zero-order valence-electron chi connectivity index (χ0n) is 12.9. The number of nitro groups is 1. The molecule has 0 unspecified atom stereocenters. The molecule has 6 nitrogen and oxygen atoms in total. The second kappa shape index (κ2) is 7.80. The minimum absolute atomic E-state index is 0.0732. The summed E-state index contributed by atoms with van der Waals surface area (Å²) in [5.74, 6) is 0. The van der Waals surface area contributed by atoms with Crippen molar-refractivity contribution in [1.82, 2.24) is 0 Å². The molecule has 23 heavy (non-hydrogen) atoms. The van der Waals surface area contributed by atoms with Crippen LogP contribution in [0.3, 0.4) is 0 Å². The molecule has 6 heteroatoms. The molecule has 0 aliphatic heterocycles. The van der Waals surface area contributed by atoms with Crippen LogP contribution in [-0.4, -0.2) is 25.1 Å². The number of rotatable bonds is 7. The molecule has 0 fully saturated rings. The van der Waals surface area contributed by atoms with Crippen LogP contribution < -0.4 is 10.2 Å². The van der Waals surface area contributed by atoms with Gasteiger partial charge in [0.2, 0.25) is 0 Å². The third-order valence-corrected chi connectivity index (χ3v) is 3.52. The molecular weight excluding hydrogens is 292 g/mol. The molecule has 0 amide bonds. The zero-order chi connectivity index (χ0) is 16.7. The predicted molar refractivity (Wildman–Crippen MR) is 90.6 cm³/mol. The number of para-hydroxylation sites is 1. The molecule has 0 aromatic heterocycles. The maximum Gasteiger partial charge on any atom is 0.270 e. The van der Waals surface area contributed by atoms with E-state index in [-0.39, 0.29) is 11.3 Å². The van der Waals surface area contributed by atoms with E-state index in [1.165, 1.54) is 12.1 Å². The van der Waals surface area contributed by atoms with E-state index < -0.39 is 4.92 Å². The van der Waals surface area contributed by atoms with E-state index >= 15 is 0 Å². The van der Waals surface area contributed by atoms with Crippen molar-refractivity contribution in [2.24, 2.45) is 0 Å². The molecule has 1 N–H and O–H groups in total. The molecule has 0 saturated carbocycles. The van der Waals surface area contributed by atoms with Gasteiger partial charge in [0.05, 0.1) is 16.2 Å². The van der Waals surface area contributed by atoms with E-state index in [1.54, 1.807) is 6.07 Å². The van der Waals surface area contributed by atoms with Crippen molar-refractivity contribution >= 4 is 17.1 Å². The van der Waals surface area contributed by atoms with Crippen molar-refractivity contribution in [3.63, 3.8) is 0 Å². The van der Waals surface area contributed by atoms with E-state index in [0.29, 0.717) is 12.2 Å². The molecule has 0 radical (unpaired) electrons. The number of nitrogens with one attached hydrogen (secondary N) is 1. The van der Waals surface area contributed by atoms with E-state index in [9.17, 15) is 10.1 Å². The number of nitro benzene ring substituents is 1. The first kappa shape index (κ1) is 16.3. The van der Waals surface area contributed by atoms with Crippen molar-refractivity contribution in [2.75, 3.05) is 30.4 Å². The van der Waals surface area contributed by atoms with E-state index in [2.05, 4.69) is 22.3 Å². The highest BCUT2D eigenvalue weighted by atomic mass is 16.6. The van der Waals surface area contributed by atoms with Crippen molar-refractivity contribution in [2.45, 2.75) is 6.42 Å². The highest BCUT2D eigenvalue weighted by molar-refractivity contribution is 5.61. The Morgan fingerprint density at radius 1 is 1.26 bits per heavy atom. The number of nitriles is 1. The molecule has 118 valence electrons. The maximum atomic E-state index is 10.7. The molecule has 0 aliphatic carbocycles. The van der Waals surface area contributed by atoms with Gasteiger partial charge in [0.1, 0.15) is 6.07 Å². The second-order valence-electron chi connectivity index (χ2n) is 5.14. The molecule has 0 spiro atoms. The normalized spacial score (nSPS) is 9.91. The molecule has 0 heterocycles. The van der Waals surface area contributed by atoms with Gasteiger partial charge in [0, 0.05) is 38.0 Å². The Hall–Kier alpha value is -3.07. The van der Waals surface area contributed by atoms with Gasteiger partial charge in [0.25, 0.3) is 5.69 Å². The fourth-order valence-electron chi connectivity index (χ4n) is 2.24. The topological polar surface area (TPSA) is 82.2 Å². The summed E-state index contributed by atoms with van der Waals surface area (Å²) in [7, 11) is 2.03. The highest BCUT2D eigenvalue weighted by Gasteiger charge is 2.10. The summed E-state index contributed by atoms with van der Waals surface area (Å²) in [5, 5.41) is 23.0. The Morgan fingerprint density at radius 3 is 2.65 bits per heavy atom. The van der Waals surface area contributed by atoms with Crippen molar-refractivity contribution in [3.8, 4) is 6.07 Å². The first-order valence-electron chi connectivity index (χ1n) is 7.30. The van der Waals surface area contributed by atoms with Crippen molar-refractivity contribution < 1.29 is 4.92 Å². The predicted octanol–water partition coefficient (Wildman–Crippen LogP) is 3.40. The molecule has 2 aromatic carbocycles. The standard InChI is InChI=1S/C17H18N4O2/c1-20(15-6-3-2-4-7-15)11-5-10-19-17-9-8-16(21(22)23)12-14(17)13-18/h2-4,6-9,12,19H,5,10-11H2,1H3. The molecular formula is C17H18N4O2. The zero-order valence-corrected chi connectivity index (χ0v) is 12.9. The Balaban J connectivity index is 1.87. The lowest BCUT2D eigenvalue weighted by Crippen LogP contribution is -2.20. The summed E-state index contributed by atoms with van der Waals surface area (Å²) < 4.78 is 0. The van der Waals surface area contributed by atoms with Crippen LogP contribution in [0.1, 0.15) is 12.0 Å². The summed E-state index contributed by atoms with van der Waals surface area (Å²) >= 11 is 0. The lowest BCUT2D eigenvalue weighted by Gasteiger charge is -2.19. The third-order valence-electron chi connectivity index (χ3n) is 3.52. The Kier molecular flexibility index (Phi) is 5.53. The van der Waals surface area contributed by atoms with Crippen LogP contribution in [-0.2, 0) is 0 Å². The van der Waals surface area contributed by atoms with E-state index in [0.717, 1.165) is 18.7 Å². The molecule has 0 saturated heterocycles. The summed E-state index contributed by atoms with van der Waals surface area (Å²) in [5.41, 5.74) is 1.99. The van der Waals surface area contributed by atoms with Crippen LogP contribution in [0, 0.1) is 21.4 Å². The lowest BCUT2D eigenvalue weighted by molar-refractivity contribution is -0.384. The van der Waals surface area contributed by atoms with E-state index in [4.69, 9.17) is 5.26 Å². The quantitative estimate of drug-likeness (QED) is 0.481. The Bertz CT molecular complexity index is 710. The van der Waals surface area contributed by atoms with Gasteiger partial charge >= 0.3 is 0 Å². The SMILES string of the molecule is CN(CCCNc1ccc([N+](=O)[O-])cc1C#N)c1ccccc1. The molecule has 0 atom stereocenters. The number of benzene rings is 2. The van der Waals surface area contributed by atoms with Gasteiger partial charge in [-0.2, -0.15) is 5.26 Å². The summed E-state index contributed by atoms with van der Waals surface area (Å²) in [6, 6.07) is 16.4. The Morgan fingerprint density at radius 2 is 2.00 bits per heavy atom. The largest absolute Gasteiger partial charge is 0.384 e. The average Bonchev–Trinajstić information content (AvgIpc) is 2.59. The summed E-state index contributed by atoms with van der Waals surface area (Å²) in [6.07, 6.45) is 0.882. The van der Waals surface area contributed by atoms with Crippen LogP contribution in [0.5, 0.6) is 0 Å². The number of non-ortho nitro benzene ring substituents is 1. The number of hydrogen-bond donors (Lipinski definition) is 1. The second-order valence-corrected chi connectivity index (χ2v) is 5.14. The Labute approximate surface area is 135 Å². The van der Waals surface area contributed by atoms with Crippen LogP contribution in [0.2, 0.25) is 0 Å². The fourth-order valence-corrected chi connectivity index (χ4v) is 2.24. The average molecular weight is 310 g/mol. The first-order valence-corrected chi connectivity index (χ1v) is 7.30.